The van der Waals surface area contributed by atoms with Crippen LogP contribution in [0.15, 0.2) is 30.5 Å². The fourth-order valence-corrected chi connectivity index (χ4v) is 4.26. The average Bonchev–Trinajstić information content (AvgIpc) is 3.17. The molecule has 1 aliphatic carbocycles. The van der Waals surface area contributed by atoms with Gasteiger partial charge in [0.15, 0.2) is 5.06 Å². The minimum Gasteiger partial charge on any atom is -0.497 e. The first-order chi connectivity index (χ1) is 12.1. The number of rotatable bonds is 4. The first-order valence-corrected chi connectivity index (χ1v) is 8.68. The zero-order valence-electron chi connectivity index (χ0n) is 13.9. The van der Waals surface area contributed by atoms with Gasteiger partial charge < -0.3 is 15.2 Å². The molecule has 2 aromatic heterocycles. The Hall–Kier alpha value is -2.80. The maximum absolute atomic E-state index is 11.9. The van der Waals surface area contributed by atoms with Gasteiger partial charge in [-0.25, -0.2) is 0 Å². The highest BCUT2D eigenvalue weighted by molar-refractivity contribution is 7.16. The standard InChI is InChI=1S/C18H17N3O3S/c1-21-15-10(9-20-21)3-8-13-14(15)18(25-16(13)17(19)22)24-12-6-4-11(23-2)5-7-12/h4-7,9H,3,8H2,1-2H3,(H2,19,22). The van der Waals surface area contributed by atoms with Crippen molar-refractivity contribution in [1.29, 1.82) is 0 Å². The van der Waals surface area contributed by atoms with E-state index >= 15 is 0 Å². The lowest BCUT2D eigenvalue weighted by atomic mass is 9.91. The molecule has 1 aromatic carbocycles. The van der Waals surface area contributed by atoms with E-state index in [1.54, 1.807) is 7.11 Å². The smallest absolute Gasteiger partial charge is 0.259 e. The van der Waals surface area contributed by atoms with Crippen molar-refractivity contribution in [2.45, 2.75) is 12.8 Å². The number of methoxy groups -OCH3 is 1. The van der Waals surface area contributed by atoms with Gasteiger partial charge in [-0.2, -0.15) is 5.10 Å². The second kappa shape index (κ2) is 5.93. The maximum atomic E-state index is 11.9. The number of thiophene rings is 1. The molecule has 0 saturated heterocycles. The largest absolute Gasteiger partial charge is 0.497 e. The third kappa shape index (κ3) is 2.56. The Morgan fingerprint density at radius 1 is 1.24 bits per heavy atom. The number of aryl methyl sites for hydroxylation is 2. The van der Waals surface area contributed by atoms with E-state index in [4.69, 9.17) is 15.2 Å². The van der Waals surface area contributed by atoms with Crippen molar-refractivity contribution in [3.63, 3.8) is 0 Å². The predicted molar refractivity (Wildman–Crippen MR) is 95.5 cm³/mol. The molecule has 0 fully saturated rings. The number of ether oxygens (including phenoxy) is 2. The Balaban J connectivity index is 1.83. The maximum Gasteiger partial charge on any atom is 0.259 e. The number of nitrogens with two attached hydrogens (primary N) is 1. The van der Waals surface area contributed by atoms with Crippen LogP contribution in [-0.2, 0) is 19.9 Å². The van der Waals surface area contributed by atoms with Gasteiger partial charge in [0.25, 0.3) is 5.91 Å². The summed E-state index contributed by atoms with van der Waals surface area (Å²) in [5.74, 6) is 1.01. The van der Waals surface area contributed by atoms with Gasteiger partial charge in [0.1, 0.15) is 11.5 Å². The summed E-state index contributed by atoms with van der Waals surface area (Å²) in [6.07, 6.45) is 3.47. The Bertz CT molecular complexity index is 957. The minimum atomic E-state index is -0.420. The third-order valence-corrected chi connectivity index (χ3v) is 5.49. The molecule has 0 atom stereocenters. The first kappa shape index (κ1) is 15.7. The number of nitrogens with zero attached hydrogens (tertiary/aromatic N) is 2. The van der Waals surface area contributed by atoms with Crippen molar-refractivity contribution in [1.82, 2.24) is 9.78 Å². The van der Waals surface area contributed by atoms with Gasteiger partial charge in [0.05, 0.1) is 29.4 Å². The van der Waals surface area contributed by atoms with Crippen LogP contribution in [0.25, 0.3) is 11.3 Å². The van der Waals surface area contributed by atoms with Crippen LogP contribution in [0.3, 0.4) is 0 Å². The highest BCUT2D eigenvalue weighted by atomic mass is 32.1. The third-order valence-electron chi connectivity index (χ3n) is 4.36. The molecule has 1 amide bonds. The lowest BCUT2D eigenvalue weighted by Gasteiger charge is -2.16. The van der Waals surface area contributed by atoms with Crippen molar-refractivity contribution >= 4 is 17.2 Å². The van der Waals surface area contributed by atoms with Gasteiger partial charge in [-0.1, -0.05) is 11.3 Å². The molecule has 0 spiro atoms. The molecular formula is C18H17N3O3S. The molecule has 0 unspecified atom stereocenters. The molecular weight excluding hydrogens is 338 g/mol. The van der Waals surface area contributed by atoms with Crippen LogP contribution >= 0.6 is 11.3 Å². The zero-order chi connectivity index (χ0) is 17.6. The van der Waals surface area contributed by atoms with E-state index in [2.05, 4.69) is 5.10 Å². The van der Waals surface area contributed by atoms with Gasteiger partial charge in [-0.3, -0.25) is 9.48 Å². The fraction of sp³-hybridized carbons (Fsp3) is 0.222. The molecule has 1 aliphatic rings. The number of carbonyl (C=O) groups is 1. The van der Waals surface area contributed by atoms with Crippen molar-refractivity contribution in [2.24, 2.45) is 12.8 Å². The number of aromatic nitrogens is 2. The van der Waals surface area contributed by atoms with Crippen LogP contribution < -0.4 is 15.2 Å². The molecule has 0 radical (unpaired) electrons. The number of amides is 1. The number of hydrogen-bond acceptors (Lipinski definition) is 5. The fourth-order valence-electron chi connectivity index (χ4n) is 3.19. The SMILES string of the molecule is COc1ccc(Oc2sc(C(N)=O)c3c2-c2c(cnn2C)CC3)cc1. The average molecular weight is 355 g/mol. The van der Waals surface area contributed by atoms with Crippen molar-refractivity contribution in [3.8, 4) is 27.8 Å². The first-order valence-electron chi connectivity index (χ1n) is 7.87. The minimum absolute atomic E-state index is 0.420. The molecule has 0 aliphatic heterocycles. The van der Waals surface area contributed by atoms with Crippen molar-refractivity contribution in [3.05, 3.63) is 46.5 Å². The van der Waals surface area contributed by atoms with Gasteiger partial charge in [-0.15, -0.1) is 0 Å². The van der Waals surface area contributed by atoms with E-state index in [1.807, 2.05) is 42.2 Å². The summed E-state index contributed by atoms with van der Waals surface area (Å²) < 4.78 is 13.1. The number of fused-ring (bicyclic) bond motifs is 3. The molecule has 3 aromatic rings. The van der Waals surface area contributed by atoms with Crippen molar-refractivity contribution in [2.75, 3.05) is 7.11 Å². The second-order valence-electron chi connectivity index (χ2n) is 5.86. The van der Waals surface area contributed by atoms with Crippen LogP contribution in [0.2, 0.25) is 0 Å². The summed E-state index contributed by atoms with van der Waals surface area (Å²) in [5.41, 5.74) is 9.63. The zero-order valence-corrected chi connectivity index (χ0v) is 14.7. The van der Waals surface area contributed by atoms with E-state index in [0.717, 1.165) is 41.0 Å². The van der Waals surface area contributed by atoms with E-state index in [1.165, 1.54) is 11.3 Å². The topological polar surface area (TPSA) is 79.4 Å². The quantitative estimate of drug-likeness (QED) is 0.780. The summed E-state index contributed by atoms with van der Waals surface area (Å²) in [5, 5.41) is 5.02. The van der Waals surface area contributed by atoms with Crippen LogP contribution in [0, 0.1) is 0 Å². The van der Waals surface area contributed by atoms with Crippen LogP contribution in [0.1, 0.15) is 20.8 Å². The van der Waals surface area contributed by atoms with E-state index < -0.39 is 5.91 Å². The highest BCUT2D eigenvalue weighted by Gasteiger charge is 2.30. The molecule has 25 heavy (non-hydrogen) atoms. The number of hydrogen-bond donors (Lipinski definition) is 1. The van der Waals surface area contributed by atoms with Gasteiger partial charge in [0.2, 0.25) is 0 Å². The second-order valence-corrected chi connectivity index (χ2v) is 6.84. The van der Waals surface area contributed by atoms with Crippen LogP contribution in [0.4, 0.5) is 0 Å². The monoisotopic (exact) mass is 355 g/mol. The molecule has 0 saturated carbocycles. The lowest BCUT2D eigenvalue weighted by Crippen LogP contribution is -2.13. The highest BCUT2D eigenvalue weighted by Crippen LogP contribution is 2.48. The van der Waals surface area contributed by atoms with Crippen molar-refractivity contribution < 1.29 is 14.3 Å². The predicted octanol–water partition coefficient (Wildman–Crippen LogP) is 3.15. The van der Waals surface area contributed by atoms with Gasteiger partial charge in [-0.05, 0) is 48.2 Å². The number of benzene rings is 1. The number of primary amides is 1. The summed E-state index contributed by atoms with van der Waals surface area (Å²) in [6, 6.07) is 7.34. The summed E-state index contributed by atoms with van der Waals surface area (Å²) in [7, 11) is 3.52. The Kier molecular flexibility index (Phi) is 3.73. The van der Waals surface area contributed by atoms with E-state index in [-0.39, 0.29) is 0 Å². The molecule has 7 heteroatoms. The lowest BCUT2D eigenvalue weighted by molar-refractivity contribution is 0.100. The molecule has 6 nitrogen and oxygen atoms in total. The van der Waals surface area contributed by atoms with Crippen LogP contribution in [-0.4, -0.2) is 22.8 Å². The molecule has 4 rings (SSSR count). The van der Waals surface area contributed by atoms with Gasteiger partial charge in [0, 0.05) is 7.05 Å². The Morgan fingerprint density at radius 3 is 2.64 bits per heavy atom. The van der Waals surface area contributed by atoms with Gasteiger partial charge >= 0.3 is 0 Å². The summed E-state index contributed by atoms with van der Waals surface area (Å²) in [4.78, 5) is 12.5. The van der Waals surface area contributed by atoms with E-state index in [0.29, 0.717) is 15.7 Å². The molecule has 0 bridgehead atoms. The summed E-state index contributed by atoms with van der Waals surface area (Å²) >= 11 is 1.29. The van der Waals surface area contributed by atoms with Crippen LogP contribution in [0.5, 0.6) is 16.6 Å². The Morgan fingerprint density at radius 2 is 1.96 bits per heavy atom. The summed E-state index contributed by atoms with van der Waals surface area (Å²) in [6.45, 7) is 0. The number of carbonyl (C=O) groups excluding carboxylic acids is 1. The normalized spacial score (nSPS) is 12.4. The molecule has 128 valence electrons. The molecule has 2 N–H and O–H groups in total. The Labute approximate surface area is 148 Å². The molecule has 2 heterocycles. The van der Waals surface area contributed by atoms with E-state index in [9.17, 15) is 4.79 Å².